The molecule has 0 spiro atoms. The molecule has 1 unspecified atom stereocenters. The van der Waals surface area contributed by atoms with E-state index in [4.69, 9.17) is 4.74 Å². The number of ether oxygens (including phenoxy) is 1. The van der Waals surface area contributed by atoms with Crippen LogP contribution >= 0.6 is 0 Å². The number of benzene rings is 1. The second kappa shape index (κ2) is 10.00. The highest BCUT2D eigenvalue weighted by molar-refractivity contribution is 5.13. The molecular weight excluding hydrogens is 256 g/mol. The molecule has 0 amide bonds. The standard InChI is InChI=1S/C20H34O/c1-5-6-8-12-18(2)20(3,4)15-11-16-21-17-19-13-9-7-10-14-19/h7,9-10,13-14,18H,5-6,8,11-12,15-17H2,1-4H3. The summed E-state index contributed by atoms with van der Waals surface area (Å²) in [5.41, 5.74) is 1.70. The third kappa shape index (κ3) is 7.66. The molecule has 1 nitrogen and oxygen atoms in total. The molecule has 0 saturated carbocycles. The lowest BCUT2D eigenvalue weighted by Crippen LogP contribution is -2.22. The zero-order valence-corrected chi connectivity index (χ0v) is 14.5. The van der Waals surface area contributed by atoms with Crippen molar-refractivity contribution in [3.05, 3.63) is 35.9 Å². The van der Waals surface area contributed by atoms with Crippen molar-refractivity contribution in [2.45, 2.75) is 72.8 Å². The zero-order valence-electron chi connectivity index (χ0n) is 14.5. The summed E-state index contributed by atoms with van der Waals surface area (Å²) in [6, 6.07) is 10.4. The third-order valence-corrected chi connectivity index (χ3v) is 4.80. The van der Waals surface area contributed by atoms with Crippen LogP contribution in [0.2, 0.25) is 0 Å². The molecule has 0 aliphatic carbocycles. The molecule has 1 atom stereocenters. The largest absolute Gasteiger partial charge is 0.377 e. The average Bonchev–Trinajstić information content (AvgIpc) is 2.48. The van der Waals surface area contributed by atoms with E-state index < -0.39 is 0 Å². The van der Waals surface area contributed by atoms with Gasteiger partial charge in [-0.05, 0) is 29.7 Å². The molecule has 1 heteroatoms. The number of hydrogen-bond acceptors (Lipinski definition) is 1. The van der Waals surface area contributed by atoms with Crippen LogP contribution in [0, 0.1) is 11.3 Å². The van der Waals surface area contributed by atoms with E-state index in [9.17, 15) is 0 Å². The van der Waals surface area contributed by atoms with Gasteiger partial charge in [0.2, 0.25) is 0 Å². The normalized spacial score (nSPS) is 13.3. The molecule has 1 aromatic carbocycles. The summed E-state index contributed by atoms with van der Waals surface area (Å²) in [6.07, 6.45) is 7.87. The van der Waals surface area contributed by atoms with E-state index in [-0.39, 0.29) is 0 Å². The Balaban J connectivity index is 2.15. The summed E-state index contributed by atoms with van der Waals surface area (Å²) in [6.45, 7) is 11.1. The van der Waals surface area contributed by atoms with Gasteiger partial charge in [-0.2, -0.15) is 0 Å². The highest BCUT2D eigenvalue weighted by Gasteiger charge is 2.24. The van der Waals surface area contributed by atoms with E-state index in [1.807, 2.05) is 6.07 Å². The number of rotatable bonds is 11. The van der Waals surface area contributed by atoms with E-state index >= 15 is 0 Å². The Bertz CT molecular complexity index is 355. The predicted molar refractivity (Wildman–Crippen MR) is 92.4 cm³/mol. The van der Waals surface area contributed by atoms with Crippen molar-refractivity contribution in [3.63, 3.8) is 0 Å². The van der Waals surface area contributed by atoms with Crippen molar-refractivity contribution in [3.8, 4) is 0 Å². The first-order valence-electron chi connectivity index (χ1n) is 8.68. The quantitative estimate of drug-likeness (QED) is 0.439. The fraction of sp³-hybridized carbons (Fsp3) is 0.700. The maximum atomic E-state index is 5.79. The SMILES string of the molecule is CCCCCC(C)C(C)(C)CCCOCc1ccccc1. The molecule has 0 aliphatic rings. The van der Waals surface area contributed by atoms with Crippen molar-refractivity contribution < 1.29 is 4.74 Å². The smallest absolute Gasteiger partial charge is 0.0716 e. The van der Waals surface area contributed by atoms with Crippen molar-refractivity contribution >= 4 is 0 Å². The molecule has 0 saturated heterocycles. The van der Waals surface area contributed by atoms with Gasteiger partial charge >= 0.3 is 0 Å². The van der Waals surface area contributed by atoms with Gasteiger partial charge in [0.05, 0.1) is 6.61 Å². The minimum Gasteiger partial charge on any atom is -0.377 e. The molecule has 0 heterocycles. The van der Waals surface area contributed by atoms with Crippen LogP contribution < -0.4 is 0 Å². The fourth-order valence-electron chi connectivity index (χ4n) is 2.73. The number of unbranched alkanes of at least 4 members (excludes halogenated alkanes) is 2. The molecule has 0 radical (unpaired) electrons. The van der Waals surface area contributed by atoms with Gasteiger partial charge in [-0.3, -0.25) is 0 Å². The molecule has 0 aromatic heterocycles. The average molecular weight is 290 g/mol. The van der Waals surface area contributed by atoms with Gasteiger partial charge in [-0.25, -0.2) is 0 Å². The minimum atomic E-state index is 0.434. The Morgan fingerprint density at radius 3 is 2.43 bits per heavy atom. The van der Waals surface area contributed by atoms with Crippen LogP contribution in [0.3, 0.4) is 0 Å². The molecular formula is C20H34O. The Morgan fingerprint density at radius 2 is 1.76 bits per heavy atom. The first-order chi connectivity index (χ1) is 10.1. The summed E-state index contributed by atoms with van der Waals surface area (Å²) < 4.78 is 5.79. The summed E-state index contributed by atoms with van der Waals surface area (Å²) in [4.78, 5) is 0. The Hall–Kier alpha value is -0.820. The molecule has 120 valence electrons. The van der Waals surface area contributed by atoms with Gasteiger partial charge in [0.25, 0.3) is 0 Å². The second-order valence-corrected chi connectivity index (χ2v) is 7.03. The van der Waals surface area contributed by atoms with Gasteiger partial charge in [0, 0.05) is 6.61 Å². The molecule has 0 aliphatic heterocycles. The molecule has 21 heavy (non-hydrogen) atoms. The lowest BCUT2D eigenvalue weighted by molar-refractivity contribution is 0.0982. The molecule has 0 bridgehead atoms. The molecule has 1 rings (SSSR count). The van der Waals surface area contributed by atoms with Crippen LogP contribution in [0.15, 0.2) is 30.3 Å². The Morgan fingerprint density at radius 1 is 1.05 bits per heavy atom. The first-order valence-corrected chi connectivity index (χ1v) is 8.68. The van der Waals surface area contributed by atoms with Crippen LogP contribution in [0.1, 0.15) is 71.8 Å². The Labute approximate surface area is 132 Å². The summed E-state index contributed by atoms with van der Waals surface area (Å²) in [5.74, 6) is 0.804. The molecule has 1 aromatic rings. The van der Waals surface area contributed by atoms with Crippen LogP contribution in [0.5, 0.6) is 0 Å². The first kappa shape index (κ1) is 18.2. The lowest BCUT2D eigenvalue weighted by Gasteiger charge is -2.32. The maximum Gasteiger partial charge on any atom is 0.0716 e. The summed E-state index contributed by atoms with van der Waals surface area (Å²) in [7, 11) is 0. The van der Waals surface area contributed by atoms with Crippen LogP contribution in [-0.4, -0.2) is 6.61 Å². The zero-order chi connectivity index (χ0) is 15.6. The third-order valence-electron chi connectivity index (χ3n) is 4.80. The van der Waals surface area contributed by atoms with Crippen molar-refractivity contribution in [2.24, 2.45) is 11.3 Å². The second-order valence-electron chi connectivity index (χ2n) is 7.03. The van der Waals surface area contributed by atoms with Crippen LogP contribution in [0.4, 0.5) is 0 Å². The highest BCUT2D eigenvalue weighted by atomic mass is 16.5. The van der Waals surface area contributed by atoms with Crippen LogP contribution in [0.25, 0.3) is 0 Å². The Kier molecular flexibility index (Phi) is 8.68. The summed E-state index contributed by atoms with van der Waals surface area (Å²) in [5, 5.41) is 0. The van der Waals surface area contributed by atoms with E-state index in [1.54, 1.807) is 0 Å². The lowest BCUT2D eigenvalue weighted by atomic mass is 9.74. The minimum absolute atomic E-state index is 0.434. The van der Waals surface area contributed by atoms with Gasteiger partial charge in [-0.15, -0.1) is 0 Å². The van der Waals surface area contributed by atoms with Gasteiger partial charge in [0.1, 0.15) is 0 Å². The molecule has 0 N–H and O–H groups in total. The van der Waals surface area contributed by atoms with Gasteiger partial charge < -0.3 is 4.74 Å². The topological polar surface area (TPSA) is 9.23 Å². The summed E-state index contributed by atoms with van der Waals surface area (Å²) >= 11 is 0. The van der Waals surface area contributed by atoms with Crippen molar-refractivity contribution in [1.29, 1.82) is 0 Å². The monoisotopic (exact) mass is 290 g/mol. The van der Waals surface area contributed by atoms with Crippen molar-refractivity contribution in [1.82, 2.24) is 0 Å². The predicted octanol–water partition coefficient (Wildman–Crippen LogP) is 6.23. The van der Waals surface area contributed by atoms with Crippen molar-refractivity contribution in [2.75, 3.05) is 6.61 Å². The van der Waals surface area contributed by atoms with E-state index in [0.717, 1.165) is 25.6 Å². The van der Waals surface area contributed by atoms with Crippen LogP contribution in [-0.2, 0) is 11.3 Å². The molecule has 0 fully saturated rings. The van der Waals surface area contributed by atoms with E-state index in [0.29, 0.717) is 5.41 Å². The fourth-order valence-corrected chi connectivity index (χ4v) is 2.73. The van der Waals surface area contributed by atoms with Gasteiger partial charge in [0.15, 0.2) is 0 Å². The maximum absolute atomic E-state index is 5.79. The van der Waals surface area contributed by atoms with E-state index in [2.05, 4.69) is 52.0 Å². The van der Waals surface area contributed by atoms with E-state index in [1.165, 1.54) is 37.7 Å². The number of hydrogen-bond donors (Lipinski definition) is 0. The van der Waals surface area contributed by atoms with Gasteiger partial charge in [-0.1, -0.05) is 83.7 Å². The highest BCUT2D eigenvalue weighted by Crippen LogP contribution is 2.35.